The Morgan fingerprint density at radius 3 is 2.75 bits per heavy atom. The van der Waals surface area contributed by atoms with Crippen LogP contribution in [-0.2, 0) is 9.47 Å². The molecule has 1 saturated heterocycles. The molecule has 2 aromatic rings. The molecule has 5 nitrogen and oxygen atoms in total. The lowest BCUT2D eigenvalue weighted by Crippen LogP contribution is -2.23. The summed E-state index contributed by atoms with van der Waals surface area (Å²) < 4.78 is 25.0. The average molecular weight is 405 g/mol. The monoisotopic (exact) mass is 404 g/mol. The van der Waals surface area contributed by atoms with Gasteiger partial charge in [-0.1, -0.05) is 12.1 Å². The molecule has 0 N–H and O–H groups in total. The molecule has 2 heterocycles. The first-order valence-corrected chi connectivity index (χ1v) is 10.2. The zero-order valence-corrected chi connectivity index (χ0v) is 17.2. The number of carbonyl (C=O) groups excluding carboxylic acids is 1. The highest BCUT2D eigenvalue weighted by Crippen LogP contribution is 2.35. The molecule has 3 rings (SSSR count). The van der Waals surface area contributed by atoms with Crippen LogP contribution in [0, 0.1) is 5.82 Å². The molecule has 1 aromatic carbocycles. The molecule has 2 atom stereocenters. The van der Waals surface area contributed by atoms with Crippen LogP contribution in [0.25, 0.3) is 10.4 Å². The molecule has 150 valence electrons. The van der Waals surface area contributed by atoms with Gasteiger partial charge < -0.3 is 14.4 Å². The van der Waals surface area contributed by atoms with E-state index in [4.69, 9.17) is 9.47 Å². The van der Waals surface area contributed by atoms with Gasteiger partial charge in [-0.15, -0.1) is 11.3 Å². The van der Waals surface area contributed by atoms with E-state index in [9.17, 15) is 9.18 Å². The molecule has 0 amide bonds. The van der Waals surface area contributed by atoms with Crippen LogP contribution >= 0.6 is 11.3 Å². The fourth-order valence-electron chi connectivity index (χ4n) is 2.87. The number of hydrogen-bond donors (Lipinski definition) is 0. The number of benzene rings is 1. The van der Waals surface area contributed by atoms with Crippen LogP contribution in [0.15, 0.2) is 36.5 Å². The molecule has 0 aliphatic carbocycles. The maximum Gasteiger partial charge on any atom is 0.207 e. The van der Waals surface area contributed by atoms with E-state index in [0.717, 1.165) is 24.8 Å². The predicted molar refractivity (Wildman–Crippen MR) is 108 cm³/mol. The van der Waals surface area contributed by atoms with Crippen LogP contribution in [-0.4, -0.2) is 42.7 Å². The number of carbonyl (C=O) groups is 1. The highest BCUT2D eigenvalue weighted by molar-refractivity contribution is 7.15. The molecule has 0 spiro atoms. The highest BCUT2D eigenvalue weighted by Gasteiger charge is 2.24. The Balaban J connectivity index is 1.89. The second kappa shape index (κ2) is 9.41. The Labute approximate surface area is 168 Å². The summed E-state index contributed by atoms with van der Waals surface area (Å²) in [5.41, 5.74) is 1.11. The zero-order valence-electron chi connectivity index (χ0n) is 16.4. The number of ether oxygens (including phenoxy) is 2. The first-order valence-electron chi connectivity index (χ1n) is 9.36. The van der Waals surface area contributed by atoms with Crippen molar-refractivity contribution in [2.45, 2.75) is 38.6 Å². The molecule has 1 aliphatic heterocycles. The minimum Gasteiger partial charge on any atom is -0.383 e. The maximum atomic E-state index is 13.3. The predicted octanol–water partition coefficient (Wildman–Crippen LogP) is 4.81. The van der Waals surface area contributed by atoms with Crippen molar-refractivity contribution in [3.63, 3.8) is 0 Å². The van der Waals surface area contributed by atoms with E-state index in [1.165, 1.54) is 29.5 Å². The van der Waals surface area contributed by atoms with Crippen molar-refractivity contribution in [3.05, 3.63) is 53.1 Å². The summed E-state index contributed by atoms with van der Waals surface area (Å²) in [6, 6.07) is 6.09. The van der Waals surface area contributed by atoms with Crippen LogP contribution in [0.5, 0.6) is 0 Å². The third-order valence-corrected chi connectivity index (χ3v) is 5.61. The SMILES string of the molecule is C[C@H](OC1CCCCO1)c1nc(C(=O)C=CN(C)C)c(-c2ccc(F)cc2)s1. The van der Waals surface area contributed by atoms with Crippen molar-refractivity contribution >= 4 is 17.1 Å². The molecular formula is C21H25FN2O3S. The highest BCUT2D eigenvalue weighted by atomic mass is 32.1. The fraction of sp³-hybridized carbons (Fsp3) is 0.429. The van der Waals surface area contributed by atoms with Crippen molar-refractivity contribution in [2.24, 2.45) is 0 Å². The maximum absolute atomic E-state index is 13.3. The van der Waals surface area contributed by atoms with Crippen LogP contribution < -0.4 is 0 Å². The number of thiazole rings is 1. The summed E-state index contributed by atoms with van der Waals surface area (Å²) in [6.45, 7) is 2.62. The lowest BCUT2D eigenvalue weighted by atomic mass is 10.1. The van der Waals surface area contributed by atoms with E-state index in [0.29, 0.717) is 22.2 Å². The smallest absolute Gasteiger partial charge is 0.207 e. The minimum atomic E-state index is -0.319. The zero-order chi connectivity index (χ0) is 20.1. The molecule has 0 bridgehead atoms. The standard InChI is InChI=1S/C21H25FN2O3S/c1-14(27-18-6-4-5-13-26-18)21-23-19(17(25)11-12-24(2)3)20(28-21)15-7-9-16(22)10-8-15/h7-12,14,18H,4-6,13H2,1-3H3/t14-,18?/m0/s1. The molecule has 1 aliphatic rings. The van der Waals surface area contributed by atoms with Gasteiger partial charge in [-0.2, -0.15) is 0 Å². The second-order valence-electron chi connectivity index (χ2n) is 6.95. The summed E-state index contributed by atoms with van der Waals surface area (Å²) >= 11 is 1.40. The Bertz CT molecular complexity index is 827. The number of rotatable bonds is 7. The Morgan fingerprint density at radius 1 is 1.36 bits per heavy atom. The Morgan fingerprint density at radius 2 is 2.11 bits per heavy atom. The third kappa shape index (κ3) is 5.25. The first kappa shape index (κ1) is 20.6. The summed E-state index contributed by atoms with van der Waals surface area (Å²) in [5, 5.41) is 0.704. The molecule has 7 heteroatoms. The largest absolute Gasteiger partial charge is 0.383 e. The lowest BCUT2D eigenvalue weighted by Gasteiger charge is -2.25. The van der Waals surface area contributed by atoms with Gasteiger partial charge in [0, 0.05) is 33.0 Å². The van der Waals surface area contributed by atoms with E-state index in [1.807, 2.05) is 21.0 Å². The van der Waals surface area contributed by atoms with Gasteiger partial charge in [0.1, 0.15) is 22.6 Å². The van der Waals surface area contributed by atoms with Gasteiger partial charge in [-0.3, -0.25) is 4.79 Å². The van der Waals surface area contributed by atoms with Gasteiger partial charge in [-0.25, -0.2) is 9.37 Å². The Kier molecular flexibility index (Phi) is 6.93. The summed E-state index contributed by atoms with van der Waals surface area (Å²) in [4.78, 5) is 19.8. The fourth-order valence-corrected chi connectivity index (χ4v) is 3.94. The number of aromatic nitrogens is 1. The van der Waals surface area contributed by atoms with Crippen molar-refractivity contribution in [3.8, 4) is 10.4 Å². The molecule has 1 aromatic heterocycles. The number of ketones is 1. The summed E-state index contributed by atoms with van der Waals surface area (Å²) in [6.07, 6.45) is 5.62. The molecule has 0 saturated carbocycles. The molecular weight excluding hydrogens is 379 g/mol. The number of hydrogen-bond acceptors (Lipinski definition) is 6. The van der Waals surface area contributed by atoms with Gasteiger partial charge in [0.05, 0.1) is 4.88 Å². The number of nitrogens with zero attached hydrogens (tertiary/aromatic N) is 2. The van der Waals surface area contributed by atoms with Gasteiger partial charge >= 0.3 is 0 Å². The molecule has 1 unspecified atom stereocenters. The van der Waals surface area contributed by atoms with E-state index in [1.54, 1.807) is 23.2 Å². The Hall–Kier alpha value is -2.09. The normalized spacial score (nSPS) is 18.4. The van der Waals surface area contributed by atoms with Crippen LogP contribution in [0.4, 0.5) is 4.39 Å². The van der Waals surface area contributed by atoms with Crippen molar-refractivity contribution < 1.29 is 18.7 Å². The topological polar surface area (TPSA) is 51.7 Å². The number of halogens is 1. The van der Waals surface area contributed by atoms with Crippen molar-refractivity contribution in [2.75, 3.05) is 20.7 Å². The lowest BCUT2D eigenvalue weighted by molar-refractivity contribution is -0.186. The molecule has 1 fully saturated rings. The van der Waals surface area contributed by atoms with Crippen LogP contribution in [0.1, 0.15) is 47.8 Å². The van der Waals surface area contributed by atoms with E-state index < -0.39 is 0 Å². The van der Waals surface area contributed by atoms with E-state index in [-0.39, 0.29) is 24.0 Å². The van der Waals surface area contributed by atoms with E-state index >= 15 is 0 Å². The van der Waals surface area contributed by atoms with Gasteiger partial charge in [0.25, 0.3) is 0 Å². The van der Waals surface area contributed by atoms with Gasteiger partial charge in [0.2, 0.25) is 5.78 Å². The number of allylic oxidation sites excluding steroid dienone is 1. The minimum absolute atomic E-state index is 0.198. The summed E-state index contributed by atoms with van der Waals surface area (Å²) in [7, 11) is 3.69. The summed E-state index contributed by atoms with van der Waals surface area (Å²) in [5.74, 6) is -0.517. The van der Waals surface area contributed by atoms with Gasteiger partial charge in [-0.05, 0) is 43.9 Å². The van der Waals surface area contributed by atoms with E-state index in [2.05, 4.69) is 4.98 Å². The van der Waals surface area contributed by atoms with Crippen molar-refractivity contribution in [1.29, 1.82) is 0 Å². The molecule has 28 heavy (non-hydrogen) atoms. The van der Waals surface area contributed by atoms with Gasteiger partial charge in [0.15, 0.2) is 6.29 Å². The average Bonchev–Trinajstić information content (AvgIpc) is 3.13. The quantitative estimate of drug-likeness (QED) is 0.490. The third-order valence-electron chi connectivity index (χ3n) is 4.35. The second-order valence-corrected chi connectivity index (χ2v) is 7.99. The molecule has 0 radical (unpaired) electrons. The first-order chi connectivity index (χ1) is 13.4. The van der Waals surface area contributed by atoms with Crippen LogP contribution in [0.3, 0.4) is 0 Å². The van der Waals surface area contributed by atoms with Crippen molar-refractivity contribution in [1.82, 2.24) is 9.88 Å². The van der Waals surface area contributed by atoms with Crippen LogP contribution in [0.2, 0.25) is 0 Å².